The van der Waals surface area contributed by atoms with Crippen LogP contribution in [0.1, 0.15) is 21.5 Å². The van der Waals surface area contributed by atoms with Crippen molar-refractivity contribution < 1.29 is 9.18 Å². The Morgan fingerprint density at radius 2 is 1.85 bits per heavy atom. The van der Waals surface area contributed by atoms with E-state index >= 15 is 0 Å². The highest BCUT2D eigenvalue weighted by Crippen LogP contribution is 2.21. The Hall–Kier alpha value is -2.36. The number of benzene rings is 2. The lowest BCUT2D eigenvalue weighted by atomic mass is 10.1. The van der Waals surface area contributed by atoms with Crippen molar-refractivity contribution in [1.29, 1.82) is 0 Å². The minimum Gasteiger partial charge on any atom is -0.385 e. The van der Waals surface area contributed by atoms with E-state index in [0.717, 1.165) is 11.1 Å². The maximum atomic E-state index is 13.6. The van der Waals surface area contributed by atoms with E-state index in [-0.39, 0.29) is 17.2 Å². The summed E-state index contributed by atoms with van der Waals surface area (Å²) in [6.45, 7) is 3.98. The third kappa shape index (κ3) is 2.79. The van der Waals surface area contributed by atoms with Crippen molar-refractivity contribution >= 4 is 17.3 Å². The number of hydrogen-bond acceptors (Lipinski definition) is 2. The quantitative estimate of drug-likeness (QED) is 0.893. The van der Waals surface area contributed by atoms with Gasteiger partial charge in [0.2, 0.25) is 0 Å². The Bertz CT molecular complexity index is 653. The summed E-state index contributed by atoms with van der Waals surface area (Å²) in [4.78, 5) is 12.2. The molecule has 20 heavy (non-hydrogen) atoms. The molecule has 2 rings (SSSR count). The van der Waals surface area contributed by atoms with Gasteiger partial charge in [0.05, 0.1) is 11.3 Å². The van der Waals surface area contributed by atoms with Crippen LogP contribution in [0, 0.1) is 19.7 Å². The standard InChI is InChI=1S/C16H17FN2O/c1-10-7-8-12(9-11(10)2)19-16(20)13-5-4-6-14(17)15(13)18-3/h4-9,18H,1-3H3,(H,19,20). The van der Waals surface area contributed by atoms with Crippen LogP contribution in [-0.2, 0) is 0 Å². The molecule has 0 spiro atoms. The highest BCUT2D eigenvalue weighted by Gasteiger charge is 2.14. The number of amides is 1. The van der Waals surface area contributed by atoms with E-state index in [1.165, 1.54) is 12.1 Å². The molecule has 0 saturated heterocycles. The molecule has 0 unspecified atom stereocenters. The van der Waals surface area contributed by atoms with Crippen LogP contribution in [0.25, 0.3) is 0 Å². The molecule has 0 radical (unpaired) electrons. The van der Waals surface area contributed by atoms with Crippen LogP contribution >= 0.6 is 0 Å². The number of halogens is 1. The minimum absolute atomic E-state index is 0.203. The third-order valence-electron chi connectivity index (χ3n) is 3.27. The van der Waals surface area contributed by atoms with Crippen molar-refractivity contribution in [3.05, 3.63) is 58.9 Å². The van der Waals surface area contributed by atoms with E-state index in [9.17, 15) is 9.18 Å². The number of hydrogen-bond donors (Lipinski definition) is 2. The summed E-state index contributed by atoms with van der Waals surface area (Å²) in [5, 5.41) is 5.50. The van der Waals surface area contributed by atoms with Crippen LogP contribution in [0.4, 0.5) is 15.8 Å². The normalized spacial score (nSPS) is 10.2. The van der Waals surface area contributed by atoms with Crippen LogP contribution in [0.5, 0.6) is 0 Å². The van der Waals surface area contributed by atoms with Crippen molar-refractivity contribution in [3.8, 4) is 0 Å². The first-order chi connectivity index (χ1) is 9.52. The first-order valence-electron chi connectivity index (χ1n) is 6.38. The zero-order valence-electron chi connectivity index (χ0n) is 11.8. The lowest BCUT2D eigenvalue weighted by molar-refractivity contribution is 0.102. The fourth-order valence-electron chi connectivity index (χ4n) is 1.99. The van der Waals surface area contributed by atoms with Crippen LogP contribution in [-0.4, -0.2) is 13.0 Å². The maximum absolute atomic E-state index is 13.6. The molecule has 2 N–H and O–H groups in total. The number of nitrogens with one attached hydrogen (secondary N) is 2. The predicted molar refractivity (Wildman–Crippen MR) is 79.8 cm³/mol. The highest BCUT2D eigenvalue weighted by atomic mass is 19.1. The van der Waals surface area contributed by atoms with Crippen molar-refractivity contribution in [1.82, 2.24) is 0 Å². The van der Waals surface area contributed by atoms with Gasteiger partial charge in [0.1, 0.15) is 5.82 Å². The lowest BCUT2D eigenvalue weighted by Crippen LogP contribution is -2.15. The molecule has 0 aliphatic heterocycles. The van der Waals surface area contributed by atoms with Gasteiger partial charge in [0.25, 0.3) is 5.91 Å². The summed E-state index contributed by atoms with van der Waals surface area (Å²) in [6.07, 6.45) is 0. The van der Waals surface area contributed by atoms with Crippen molar-refractivity contribution in [2.75, 3.05) is 17.7 Å². The SMILES string of the molecule is CNc1c(F)cccc1C(=O)Nc1ccc(C)c(C)c1. The Labute approximate surface area is 117 Å². The molecule has 2 aromatic rings. The van der Waals surface area contributed by atoms with Crippen molar-refractivity contribution in [2.24, 2.45) is 0 Å². The van der Waals surface area contributed by atoms with Gasteiger partial charge in [-0.2, -0.15) is 0 Å². The second kappa shape index (κ2) is 5.74. The zero-order valence-corrected chi connectivity index (χ0v) is 11.8. The maximum Gasteiger partial charge on any atom is 0.257 e. The number of para-hydroxylation sites is 1. The lowest BCUT2D eigenvalue weighted by Gasteiger charge is -2.11. The molecular weight excluding hydrogens is 255 g/mol. The van der Waals surface area contributed by atoms with Gasteiger partial charge in [-0.1, -0.05) is 12.1 Å². The summed E-state index contributed by atoms with van der Waals surface area (Å²) in [6, 6.07) is 10.1. The summed E-state index contributed by atoms with van der Waals surface area (Å²) in [5.74, 6) is -0.780. The molecule has 0 aliphatic rings. The van der Waals surface area contributed by atoms with Gasteiger partial charge in [0.15, 0.2) is 0 Å². The largest absolute Gasteiger partial charge is 0.385 e. The average Bonchev–Trinajstić information content (AvgIpc) is 2.42. The molecular formula is C16H17FN2O. The third-order valence-corrected chi connectivity index (χ3v) is 3.27. The molecule has 0 saturated carbocycles. The topological polar surface area (TPSA) is 41.1 Å². The fourth-order valence-corrected chi connectivity index (χ4v) is 1.99. The monoisotopic (exact) mass is 272 g/mol. The minimum atomic E-state index is -0.444. The van der Waals surface area contributed by atoms with Gasteiger partial charge in [0, 0.05) is 12.7 Å². The second-order valence-electron chi connectivity index (χ2n) is 4.67. The summed E-state index contributed by atoms with van der Waals surface area (Å²) in [5.41, 5.74) is 3.43. The number of anilines is 2. The molecule has 1 amide bonds. The average molecular weight is 272 g/mol. The van der Waals surface area contributed by atoms with Gasteiger partial charge in [-0.25, -0.2) is 4.39 Å². The molecule has 0 atom stereocenters. The molecule has 3 nitrogen and oxygen atoms in total. The van der Waals surface area contributed by atoms with E-state index < -0.39 is 5.82 Å². The van der Waals surface area contributed by atoms with Crippen LogP contribution in [0.2, 0.25) is 0 Å². The van der Waals surface area contributed by atoms with E-state index in [1.54, 1.807) is 13.1 Å². The first-order valence-corrected chi connectivity index (χ1v) is 6.38. The smallest absolute Gasteiger partial charge is 0.257 e. The van der Waals surface area contributed by atoms with Crippen LogP contribution in [0.3, 0.4) is 0 Å². The van der Waals surface area contributed by atoms with Gasteiger partial charge in [-0.05, 0) is 49.2 Å². The summed E-state index contributed by atoms with van der Waals surface area (Å²) < 4.78 is 13.6. The Morgan fingerprint density at radius 3 is 2.50 bits per heavy atom. The van der Waals surface area contributed by atoms with Crippen molar-refractivity contribution in [3.63, 3.8) is 0 Å². The molecule has 0 aromatic heterocycles. The van der Waals surface area contributed by atoms with E-state index in [4.69, 9.17) is 0 Å². The molecule has 0 heterocycles. The molecule has 2 aromatic carbocycles. The molecule has 4 heteroatoms. The van der Waals surface area contributed by atoms with Gasteiger partial charge >= 0.3 is 0 Å². The van der Waals surface area contributed by atoms with E-state index in [1.807, 2.05) is 32.0 Å². The van der Waals surface area contributed by atoms with E-state index in [2.05, 4.69) is 10.6 Å². The molecule has 104 valence electrons. The second-order valence-corrected chi connectivity index (χ2v) is 4.67. The number of carbonyl (C=O) groups is 1. The summed E-state index contributed by atoms with van der Waals surface area (Å²) >= 11 is 0. The Kier molecular flexibility index (Phi) is 4.03. The zero-order chi connectivity index (χ0) is 14.7. The van der Waals surface area contributed by atoms with Gasteiger partial charge in [-0.15, -0.1) is 0 Å². The Morgan fingerprint density at radius 1 is 1.10 bits per heavy atom. The first kappa shape index (κ1) is 14.1. The van der Waals surface area contributed by atoms with Crippen LogP contribution < -0.4 is 10.6 Å². The Balaban J connectivity index is 2.28. The number of aryl methyl sites for hydroxylation is 2. The van der Waals surface area contributed by atoms with Crippen LogP contribution in [0.15, 0.2) is 36.4 Å². The van der Waals surface area contributed by atoms with E-state index in [0.29, 0.717) is 5.69 Å². The predicted octanol–water partition coefficient (Wildman–Crippen LogP) is 3.74. The molecule has 0 fully saturated rings. The number of carbonyl (C=O) groups excluding carboxylic acids is 1. The highest BCUT2D eigenvalue weighted by molar-refractivity contribution is 6.08. The van der Waals surface area contributed by atoms with Crippen molar-refractivity contribution in [2.45, 2.75) is 13.8 Å². The fraction of sp³-hybridized carbons (Fsp3) is 0.188. The van der Waals surface area contributed by atoms with Gasteiger partial charge < -0.3 is 10.6 Å². The summed E-state index contributed by atoms with van der Waals surface area (Å²) in [7, 11) is 1.59. The number of rotatable bonds is 3. The van der Waals surface area contributed by atoms with Gasteiger partial charge in [-0.3, -0.25) is 4.79 Å². The molecule has 0 aliphatic carbocycles. The molecule has 0 bridgehead atoms.